The van der Waals surface area contributed by atoms with Gasteiger partial charge in [-0.3, -0.25) is 0 Å². The fraction of sp³-hybridized carbons (Fsp3) is 0.462. The molecule has 0 radical (unpaired) electrons. The molecule has 0 aliphatic heterocycles. The zero-order valence-corrected chi connectivity index (χ0v) is 11.3. The van der Waals surface area contributed by atoms with E-state index < -0.39 is 6.04 Å². The summed E-state index contributed by atoms with van der Waals surface area (Å²) in [6, 6.07) is 8.55. The molecule has 96 valence electrons. The van der Waals surface area contributed by atoms with Crippen molar-refractivity contribution in [3.8, 4) is 0 Å². The zero-order chi connectivity index (χ0) is 12.2. The molecule has 3 nitrogen and oxygen atoms in total. The molecule has 4 heteroatoms. The van der Waals surface area contributed by atoms with Gasteiger partial charge in [0.25, 0.3) is 0 Å². The van der Waals surface area contributed by atoms with Crippen molar-refractivity contribution in [3.05, 3.63) is 35.9 Å². The summed E-state index contributed by atoms with van der Waals surface area (Å²) < 4.78 is 5.16. The molecule has 0 bridgehead atoms. The van der Waals surface area contributed by atoms with Crippen LogP contribution in [0.4, 0.5) is 0 Å². The Morgan fingerprint density at radius 2 is 1.82 bits per heavy atom. The van der Waals surface area contributed by atoms with Crippen LogP contribution >= 0.6 is 12.4 Å². The Balaban J connectivity index is 0.00000256. The van der Waals surface area contributed by atoms with Crippen LogP contribution in [-0.4, -0.2) is 12.6 Å². The van der Waals surface area contributed by atoms with Crippen LogP contribution in [0.3, 0.4) is 0 Å². The Morgan fingerprint density at radius 1 is 1.29 bits per heavy atom. The molecule has 0 aliphatic carbocycles. The van der Waals surface area contributed by atoms with Crippen LogP contribution in [0.1, 0.15) is 32.4 Å². The van der Waals surface area contributed by atoms with E-state index in [0.29, 0.717) is 6.61 Å². The lowest BCUT2D eigenvalue weighted by atomic mass is 9.98. The first-order chi connectivity index (χ1) is 7.40. The quantitative estimate of drug-likeness (QED) is 0.847. The average Bonchev–Trinajstić information content (AvgIpc) is 2.25. The summed E-state index contributed by atoms with van der Waals surface area (Å²) in [7, 11) is 0. The van der Waals surface area contributed by atoms with Crippen molar-refractivity contribution in [1.82, 2.24) is 0 Å². The van der Waals surface area contributed by atoms with Gasteiger partial charge in [-0.05, 0) is 11.0 Å². The standard InChI is InChI=1S/C13H19NO2.ClH/c1-13(2,3)9-16-12(15)11(14)10-7-5-4-6-8-10;/h4-8,11H,9,14H2,1-3H3;1H/t11-;/m0./s1. The average molecular weight is 258 g/mol. The predicted molar refractivity (Wildman–Crippen MR) is 71.0 cm³/mol. The van der Waals surface area contributed by atoms with Gasteiger partial charge in [-0.25, -0.2) is 4.79 Å². The second-order valence-corrected chi connectivity index (χ2v) is 5.06. The summed E-state index contributed by atoms with van der Waals surface area (Å²) in [6.07, 6.45) is 0. The van der Waals surface area contributed by atoms with Gasteiger partial charge in [0.15, 0.2) is 0 Å². The second-order valence-electron chi connectivity index (χ2n) is 5.06. The molecule has 1 atom stereocenters. The lowest BCUT2D eigenvalue weighted by Crippen LogP contribution is -2.27. The van der Waals surface area contributed by atoms with Crippen molar-refractivity contribution >= 4 is 18.4 Å². The number of rotatable bonds is 3. The number of hydrogen-bond donors (Lipinski definition) is 1. The summed E-state index contributed by atoms with van der Waals surface area (Å²) in [4.78, 5) is 11.6. The molecule has 0 saturated carbocycles. The molecule has 2 N–H and O–H groups in total. The molecule has 17 heavy (non-hydrogen) atoms. The molecule has 0 heterocycles. The molecule has 0 amide bonds. The van der Waals surface area contributed by atoms with E-state index in [1.54, 1.807) is 0 Å². The van der Waals surface area contributed by atoms with Gasteiger partial charge in [0.1, 0.15) is 6.04 Å². The van der Waals surface area contributed by atoms with Crippen molar-refractivity contribution in [1.29, 1.82) is 0 Å². The molecule has 0 aliphatic rings. The van der Waals surface area contributed by atoms with Crippen LogP contribution in [0.25, 0.3) is 0 Å². The smallest absolute Gasteiger partial charge is 0.327 e. The fourth-order valence-corrected chi connectivity index (χ4v) is 1.17. The highest BCUT2D eigenvalue weighted by molar-refractivity contribution is 5.85. The van der Waals surface area contributed by atoms with E-state index in [1.165, 1.54) is 0 Å². The van der Waals surface area contributed by atoms with Crippen LogP contribution in [0.2, 0.25) is 0 Å². The lowest BCUT2D eigenvalue weighted by molar-refractivity contribution is -0.148. The van der Waals surface area contributed by atoms with Gasteiger partial charge in [0.2, 0.25) is 0 Å². The third-order valence-electron chi connectivity index (χ3n) is 2.06. The van der Waals surface area contributed by atoms with Gasteiger partial charge in [-0.1, -0.05) is 51.1 Å². The minimum absolute atomic E-state index is 0. The molecule has 1 aromatic carbocycles. The minimum atomic E-state index is -0.691. The normalized spacial score (nSPS) is 12.5. The monoisotopic (exact) mass is 257 g/mol. The summed E-state index contributed by atoms with van der Waals surface area (Å²) in [5.74, 6) is -0.374. The molecule has 0 unspecified atom stereocenters. The van der Waals surface area contributed by atoms with E-state index in [-0.39, 0.29) is 23.8 Å². The van der Waals surface area contributed by atoms with Crippen LogP contribution in [0.5, 0.6) is 0 Å². The summed E-state index contributed by atoms with van der Waals surface area (Å²) in [6.45, 7) is 6.41. The maximum absolute atomic E-state index is 11.6. The van der Waals surface area contributed by atoms with Crippen molar-refractivity contribution in [2.24, 2.45) is 11.1 Å². The first-order valence-corrected chi connectivity index (χ1v) is 5.37. The first-order valence-electron chi connectivity index (χ1n) is 5.37. The van der Waals surface area contributed by atoms with Crippen LogP contribution in [0, 0.1) is 5.41 Å². The number of carbonyl (C=O) groups excluding carboxylic acids is 1. The first kappa shape index (κ1) is 15.9. The van der Waals surface area contributed by atoms with Gasteiger partial charge < -0.3 is 10.5 Å². The van der Waals surface area contributed by atoms with E-state index in [1.807, 2.05) is 51.1 Å². The Labute approximate surface area is 109 Å². The zero-order valence-electron chi connectivity index (χ0n) is 10.5. The SMILES string of the molecule is CC(C)(C)COC(=O)[C@@H](N)c1ccccc1.Cl. The van der Waals surface area contributed by atoms with Crippen molar-refractivity contribution < 1.29 is 9.53 Å². The van der Waals surface area contributed by atoms with Gasteiger partial charge in [-0.2, -0.15) is 0 Å². The van der Waals surface area contributed by atoms with Crippen LogP contribution in [-0.2, 0) is 9.53 Å². The summed E-state index contributed by atoms with van der Waals surface area (Å²) in [5, 5.41) is 0. The van der Waals surface area contributed by atoms with Gasteiger partial charge >= 0.3 is 5.97 Å². The Kier molecular flexibility index (Phi) is 6.21. The third kappa shape index (κ3) is 5.71. The van der Waals surface area contributed by atoms with E-state index >= 15 is 0 Å². The number of nitrogens with two attached hydrogens (primary N) is 1. The summed E-state index contributed by atoms with van der Waals surface area (Å²) >= 11 is 0. The molecule has 0 saturated heterocycles. The van der Waals surface area contributed by atoms with Gasteiger partial charge in [-0.15, -0.1) is 12.4 Å². The van der Waals surface area contributed by atoms with Crippen molar-refractivity contribution in [3.63, 3.8) is 0 Å². The van der Waals surface area contributed by atoms with E-state index in [2.05, 4.69) is 0 Å². The Bertz CT molecular complexity index is 346. The molecule has 0 spiro atoms. The van der Waals surface area contributed by atoms with Crippen LogP contribution in [0.15, 0.2) is 30.3 Å². The Morgan fingerprint density at radius 3 is 2.29 bits per heavy atom. The number of benzene rings is 1. The predicted octanol–water partition coefficient (Wildman–Crippen LogP) is 2.70. The topological polar surface area (TPSA) is 52.3 Å². The van der Waals surface area contributed by atoms with Crippen molar-refractivity contribution in [2.45, 2.75) is 26.8 Å². The molecular formula is C13H20ClNO2. The maximum atomic E-state index is 11.6. The number of halogens is 1. The molecule has 0 aromatic heterocycles. The molecule has 1 aromatic rings. The lowest BCUT2D eigenvalue weighted by Gasteiger charge is -2.19. The van der Waals surface area contributed by atoms with Gasteiger partial charge in [0, 0.05) is 0 Å². The highest BCUT2D eigenvalue weighted by Crippen LogP contribution is 2.16. The van der Waals surface area contributed by atoms with E-state index in [9.17, 15) is 4.79 Å². The van der Waals surface area contributed by atoms with Gasteiger partial charge in [0.05, 0.1) is 6.61 Å². The van der Waals surface area contributed by atoms with Crippen molar-refractivity contribution in [2.75, 3.05) is 6.61 Å². The van der Waals surface area contributed by atoms with E-state index in [4.69, 9.17) is 10.5 Å². The highest BCUT2D eigenvalue weighted by atomic mass is 35.5. The minimum Gasteiger partial charge on any atom is -0.464 e. The maximum Gasteiger partial charge on any atom is 0.327 e. The Hall–Kier alpha value is -1.06. The number of esters is 1. The number of ether oxygens (including phenoxy) is 1. The van der Waals surface area contributed by atoms with Crippen LogP contribution < -0.4 is 5.73 Å². The third-order valence-corrected chi connectivity index (χ3v) is 2.06. The molecule has 0 fully saturated rings. The highest BCUT2D eigenvalue weighted by Gasteiger charge is 2.20. The second kappa shape index (κ2) is 6.62. The number of carbonyl (C=O) groups is 1. The largest absolute Gasteiger partial charge is 0.464 e. The number of hydrogen-bond acceptors (Lipinski definition) is 3. The summed E-state index contributed by atoms with van der Waals surface area (Å²) in [5.41, 5.74) is 6.54. The fourth-order valence-electron chi connectivity index (χ4n) is 1.17. The van der Waals surface area contributed by atoms with E-state index in [0.717, 1.165) is 5.56 Å². The molecular weight excluding hydrogens is 238 g/mol. The molecule has 1 rings (SSSR count).